The summed E-state index contributed by atoms with van der Waals surface area (Å²) < 4.78 is 34.4. The smallest absolute Gasteiger partial charge is 0.220 e. The van der Waals surface area contributed by atoms with Crippen molar-refractivity contribution in [1.82, 2.24) is 5.32 Å². The van der Waals surface area contributed by atoms with E-state index >= 15 is 0 Å². The van der Waals surface area contributed by atoms with Gasteiger partial charge in [-0.1, -0.05) is 290 Å². The summed E-state index contributed by atoms with van der Waals surface area (Å²) in [6.07, 6.45) is 58.0. The van der Waals surface area contributed by atoms with Crippen molar-refractivity contribution in [3.63, 3.8) is 0 Å². The summed E-state index contributed by atoms with van der Waals surface area (Å²) in [6, 6.07) is -0.978. The van der Waals surface area contributed by atoms with Crippen molar-refractivity contribution in [3.8, 4) is 0 Å². The number of aliphatic hydroxyl groups is 11. The van der Waals surface area contributed by atoms with Crippen LogP contribution in [-0.4, -0.2) is 193 Å². The van der Waals surface area contributed by atoms with E-state index in [1.165, 1.54) is 148 Å². The summed E-state index contributed by atoms with van der Waals surface area (Å²) >= 11 is 0. The molecule has 12 N–H and O–H groups in total. The van der Waals surface area contributed by atoms with Gasteiger partial charge in [-0.3, -0.25) is 4.79 Å². The van der Waals surface area contributed by atoms with Gasteiger partial charge in [0.15, 0.2) is 18.9 Å². The molecule has 0 bridgehead atoms. The van der Waals surface area contributed by atoms with Gasteiger partial charge in [0.25, 0.3) is 0 Å². The predicted molar refractivity (Wildman–Crippen MR) is 401 cm³/mol. The Kier molecular flexibility index (Phi) is 55.9. The van der Waals surface area contributed by atoms with E-state index in [0.717, 1.165) is 96.3 Å². The highest BCUT2D eigenvalue weighted by molar-refractivity contribution is 5.76. The van der Waals surface area contributed by atoms with Crippen LogP contribution in [0.3, 0.4) is 0 Å². The van der Waals surface area contributed by atoms with Gasteiger partial charge in [0.05, 0.1) is 38.6 Å². The van der Waals surface area contributed by atoms with Gasteiger partial charge in [0.2, 0.25) is 5.91 Å². The number of hydrogen-bond acceptors (Lipinski definition) is 18. The van der Waals surface area contributed by atoms with Crippen LogP contribution in [0.4, 0.5) is 0 Å². The maximum absolute atomic E-state index is 13.4. The molecule has 1 amide bonds. The number of nitrogens with one attached hydrogen (secondary N) is 1. The van der Waals surface area contributed by atoms with Crippen molar-refractivity contribution in [2.75, 3.05) is 26.4 Å². The average Bonchev–Trinajstić information content (AvgIpc) is 0.782. The minimum absolute atomic E-state index is 0.239. The van der Waals surface area contributed by atoms with Crippen LogP contribution in [-0.2, 0) is 33.2 Å². The number of ether oxygens (including phenoxy) is 6. The molecule has 3 saturated heterocycles. The van der Waals surface area contributed by atoms with Crippen LogP contribution in [0.15, 0.2) is 109 Å². The Morgan fingerprint density at radius 2 is 0.683 bits per heavy atom. The highest BCUT2D eigenvalue weighted by atomic mass is 16.8. The molecule has 17 atom stereocenters. The van der Waals surface area contributed by atoms with Gasteiger partial charge in [0.1, 0.15) is 73.2 Å². The number of aliphatic hydroxyl groups excluding tert-OH is 11. The van der Waals surface area contributed by atoms with Gasteiger partial charge in [0, 0.05) is 6.42 Å². The van der Waals surface area contributed by atoms with Gasteiger partial charge in [-0.25, -0.2) is 0 Å². The van der Waals surface area contributed by atoms with E-state index in [0.29, 0.717) is 6.42 Å². The molecule has 0 saturated carbocycles. The van der Waals surface area contributed by atoms with Crippen LogP contribution in [0.2, 0.25) is 0 Å². The summed E-state index contributed by atoms with van der Waals surface area (Å²) in [5.41, 5.74) is 0. The molecule has 0 aromatic carbocycles. The quantitative estimate of drug-likeness (QED) is 0.0199. The normalized spacial score (nSPS) is 26.9. The number of unbranched alkanes of at least 4 members (excludes halogenated alkanes) is 29. The standard InChI is InChI=1S/C82H141NO18/c1-3-5-7-9-11-13-15-17-19-20-21-22-23-24-25-26-27-28-29-30-31-32-33-34-35-36-37-38-39-40-41-42-43-44-46-48-50-52-54-56-58-60-70(88)83-65(66(87)59-57-55-53-51-49-47-45-18-16-14-12-10-8-6-4-2)64-96-80-76(94)73(91)78(68(62-85)98-80)101-82-77(95)74(92)79(69(63-86)99-82)100-81-75(93)72(90)71(89)67(61-84)97-81/h5,7,11,13,17,19,21-22,24-25,27-28,30-31,33-34,57,59,65-69,71-82,84-87,89-95H,3-4,6,8-10,12,14-16,18,20,23,26,29,32,35-56,58,60-64H2,1-2H3,(H,83,88)/b7-5-,13-11-,19-17-,22-21-,25-24-,28-27-,31-30-,34-33-,59-57+. The van der Waals surface area contributed by atoms with E-state index in [-0.39, 0.29) is 18.9 Å². The summed E-state index contributed by atoms with van der Waals surface area (Å²) in [5.74, 6) is -0.277. The Morgan fingerprint density at radius 3 is 1.07 bits per heavy atom. The van der Waals surface area contributed by atoms with E-state index < -0.39 is 124 Å². The van der Waals surface area contributed by atoms with E-state index in [1.54, 1.807) is 6.08 Å². The lowest BCUT2D eigenvalue weighted by Gasteiger charge is -2.48. The third-order valence-electron chi connectivity index (χ3n) is 19.1. The van der Waals surface area contributed by atoms with Gasteiger partial charge in [-0.05, 0) is 83.5 Å². The first-order valence-electron chi connectivity index (χ1n) is 39.6. The summed E-state index contributed by atoms with van der Waals surface area (Å²) in [5, 5.41) is 121. The van der Waals surface area contributed by atoms with Crippen LogP contribution in [0.5, 0.6) is 0 Å². The first kappa shape index (κ1) is 91.7. The molecule has 0 aromatic rings. The second-order valence-corrected chi connectivity index (χ2v) is 27.8. The highest BCUT2D eigenvalue weighted by Crippen LogP contribution is 2.33. The molecule has 3 rings (SSSR count). The Balaban J connectivity index is 1.30. The number of amides is 1. The minimum Gasteiger partial charge on any atom is -0.394 e. The molecule has 101 heavy (non-hydrogen) atoms. The number of allylic oxidation sites excluding steroid dienone is 17. The minimum atomic E-state index is -1.98. The molecular weight excluding hydrogens is 1290 g/mol. The van der Waals surface area contributed by atoms with E-state index in [4.69, 9.17) is 28.4 Å². The molecular formula is C82H141NO18. The number of hydrogen-bond donors (Lipinski definition) is 12. The Labute approximate surface area is 608 Å². The van der Waals surface area contributed by atoms with Crippen LogP contribution in [0.1, 0.15) is 271 Å². The molecule has 0 spiro atoms. The molecule has 0 aromatic heterocycles. The molecule has 19 heteroatoms. The van der Waals surface area contributed by atoms with Crippen molar-refractivity contribution >= 4 is 5.91 Å². The molecule has 0 radical (unpaired) electrons. The fourth-order valence-corrected chi connectivity index (χ4v) is 12.7. The van der Waals surface area contributed by atoms with Crippen molar-refractivity contribution in [1.29, 1.82) is 0 Å². The van der Waals surface area contributed by atoms with Gasteiger partial charge >= 0.3 is 0 Å². The molecule has 3 aliphatic heterocycles. The molecule has 0 aliphatic carbocycles. The van der Waals surface area contributed by atoms with Crippen molar-refractivity contribution < 1.29 is 89.4 Å². The van der Waals surface area contributed by atoms with Crippen LogP contribution in [0.25, 0.3) is 0 Å². The molecule has 582 valence electrons. The second-order valence-electron chi connectivity index (χ2n) is 27.8. The zero-order valence-corrected chi connectivity index (χ0v) is 62.1. The predicted octanol–water partition coefficient (Wildman–Crippen LogP) is 12.9. The van der Waals surface area contributed by atoms with Crippen molar-refractivity contribution in [2.45, 2.75) is 375 Å². The first-order valence-corrected chi connectivity index (χ1v) is 39.6. The Morgan fingerprint density at radius 1 is 0.366 bits per heavy atom. The first-order chi connectivity index (χ1) is 49.3. The largest absolute Gasteiger partial charge is 0.394 e. The fourth-order valence-electron chi connectivity index (χ4n) is 12.7. The van der Waals surface area contributed by atoms with Crippen LogP contribution in [0, 0.1) is 0 Å². The topological polar surface area (TPSA) is 307 Å². The van der Waals surface area contributed by atoms with E-state index in [9.17, 15) is 61.0 Å². The number of carbonyl (C=O) groups excluding carboxylic acids is 1. The SMILES string of the molecule is CC/C=C\C/C=C\C/C=C\C/C=C\C/C=C\C/C=C\C/C=C\C/C=C\CCCCCCCCCCCCCCCCCCC(=O)NC(COC1OC(CO)C(OC2OC(CO)C(OC3OC(CO)C(O)C(O)C3O)C(O)C2O)C(O)C1O)C(O)/C=C/CCCCCCCCCCCCCCC. The van der Waals surface area contributed by atoms with Gasteiger partial charge < -0.3 is 89.9 Å². The maximum atomic E-state index is 13.4. The molecule has 3 fully saturated rings. The van der Waals surface area contributed by atoms with Gasteiger partial charge in [-0.2, -0.15) is 0 Å². The fraction of sp³-hybridized carbons (Fsp3) is 0.768. The number of carbonyl (C=O) groups is 1. The van der Waals surface area contributed by atoms with Crippen LogP contribution < -0.4 is 5.32 Å². The van der Waals surface area contributed by atoms with Crippen LogP contribution >= 0.6 is 0 Å². The van der Waals surface area contributed by atoms with E-state index in [1.807, 2.05) is 6.08 Å². The van der Waals surface area contributed by atoms with Crippen molar-refractivity contribution in [2.24, 2.45) is 0 Å². The lowest BCUT2D eigenvalue weighted by Crippen LogP contribution is -2.66. The lowest BCUT2D eigenvalue weighted by atomic mass is 9.96. The molecule has 3 aliphatic rings. The Hall–Kier alpha value is -3.55. The highest BCUT2D eigenvalue weighted by Gasteiger charge is 2.53. The third-order valence-corrected chi connectivity index (χ3v) is 19.1. The molecule has 17 unspecified atom stereocenters. The van der Waals surface area contributed by atoms with Crippen molar-refractivity contribution in [3.05, 3.63) is 109 Å². The zero-order chi connectivity index (χ0) is 73.2. The summed E-state index contributed by atoms with van der Waals surface area (Å²) in [4.78, 5) is 13.4. The monoisotopic (exact) mass is 1430 g/mol. The summed E-state index contributed by atoms with van der Waals surface area (Å²) in [6.45, 7) is 1.62. The second kappa shape index (κ2) is 61.6. The molecule has 19 nitrogen and oxygen atoms in total. The van der Waals surface area contributed by atoms with Gasteiger partial charge in [-0.15, -0.1) is 0 Å². The third kappa shape index (κ3) is 41.8. The summed E-state index contributed by atoms with van der Waals surface area (Å²) in [7, 11) is 0. The number of rotatable bonds is 61. The molecule has 3 heterocycles. The average molecular weight is 1430 g/mol. The Bertz CT molecular complexity index is 2250. The zero-order valence-electron chi connectivity index (χ0n) is 62.1. The lowest BCUT2D eigenvalue weighted by molar-refractivity contribution is -0.379. The maximum Gasteiger partial charge on any atom is 0.220 e. The van der Waals surface area contributed by atoms with E-state index in [2.05, 4.69) is 116 Å².